The van der Waals surface area contributed by atoms with Crippen LogP contribution in [0.5, 0.6) is 0 Å². The monoisotopic (exact) mass is 226 g/mol. The van der Waals surface area contributed by atoms with E-state index in [1.54, 1.807) is 0 Å². The molecule has 4 nitrogen and oxygen atoms in total. The van der Waals surface area contributed by atoms with Gasteiger partial charge in [-0.1, -0.05) is 0 Å². The Morgan fingerprint density at radius 1 is 1.44 bits per heavy atom. The van der Waals surface area contributed by atoms with Crippen molar-refractivity contribution in [2.75, 3.05) is 33.3 Å². The van der Waals surface area contributed by atoms with Gasteiger partial charge in [-0.25, -0.2) is 0 Å². The fraction of sp³-hybridized carbons (Fsp3) is 0.917. The molecule has 0 aromatic rings. The molecule has 1 heterocycles. The molecular weight excluding hydrogens is 204 g/mol. The second kappa shape index (κ2) is 5.64. The molecule has 1 saturated carbocycles. The molecule has 0 bridgehead atoms. The van der Waals surface area contributed by atoms with Gasteiger partial charge in [-0.3, -0.25) is 9.69 Å². The molecule has 4 heteroatoms. The Kier molecular flexibility index (Phi) is 4.18. The van der Waals surface area contributed by atoms with Gasteiger partial charge in [-0.15, -0.1) is 0 Å². The molecule has 92 valence electrons. The zero-order valence-electron chi connectivity index (χ0n) is 10.1. The quantitative estimate of drug-likeness (QED) is 0.698. The van der Waals surface area contributed by atoms with Gasteiger partial charge < -0.3 is 10.1 Å². The Bertz CT molecular complexity index is 241. The summed E-state index contributed by atoms with van der Waals surface area (Å²) in [6.45, 7) is 3.62. The van der Waals surface area contributed by atoms with E-state index in [1.807, 2.05) is 0 Å². The number of methoxy groups -OCH3 is 1. The largest absolute Gasteiger partial charge is 0.468 e. The zero-order chi connectivity index (χ0) is 11.4. The molecule has 1 aliphatic heterocycles. The van der Waals surface area contributed by atoms with Gasteiger partial charge in [-0.05, 0) is 44.7 Å². The van der Waals surface area contributed by atoms with E-state index in [9.17, 15) is 4.79 Å². The van der Waals surface area contributed by atoms with Crippen LogP contribution in [0.3, 0.4) is 0 Å². The first-order chi connectivity index (χ1) is 7.78. The Balaban J connectivity index is 1.67. The van der Waals surface area contributed by atoms with Crippen molar-refractivity contribution >= 4 is 5.97 Å². The third-order valence-electron chi connectivity index (χ3n) is 3.48. The third-order valence-corrected chi connectivity index (χ3v) is 3.48. The lowest BCUT2D eigenvalue weighted by Gasteiger charge is -2.32. The van der Waals surface area contributed by atoms with Crippen LogP contribution in [0.2, 0.25) is 0 Å². The van der Waals surface area contributed by atoms with Crippen LogP contribution >= 0.6 is 0 Å². The van der Waals surface area contributed by atoms with E-state index in [2.05, 4.69) is 10.2 Å². The minimum atomic E-state index is -0.122. The molecule has 1 N–H and O–H groups in total. The fourth-order valence-electron chi connectivity index (χ4n) is 2.27. The predicted molar refractivity (Wildman–Crippen MR) is 62.2 cm³/mol. The number of hydrogen-bond donors (Lipinski definition) is 1. The van der Waals surface area contributed by atoms with Crippen LogP contribution in [0.4, 0.5) is 0 Å². The predicted octanol–water partition coefficient (Wildman–Crippen LogP) is 0.623. The Hall–Kier alpha value is -0.610. The highest BCUT2D eigenvalue weighted by Crippen LogP contribution is 2.28. The molecule has 1 aliphatic carbocycles. The molecule has 1 saturated heterocycles. The minimum absolute atomic E-state index is 0.122. The number of carbonyl (C=O) groups is 1. The van der Waals surface area contributed by atoms with Crippen molar-refractivity contribution < 1.29 is 9.53 Å². The number of nitrogens with zero attached hydrogens (tertiary/aromatic N) is 1. The molecule has 1 atom stereocenters. The first-order valence-electron chi connectivity index (χ1n) is 6.30. The van der Waals surface area contributed by atoms with Crippen LogP contribution in [0, 0.1) is 5.92 Å². The van der Waals surface area contributed by atoms with Crippen molar-refractivity contribution in [1.29, 1.82) is 0 Å². The standard InChI is InChI=1S/C12H22N2O2/c1-16-12(15)9-14-6-2-3-11(8-14)13-7-10-4-5-10/h10-11,13H,2-9H2,1H3. The molecule has 0 radical (unpaired) electrons. The maximum absolute atomic E-state index is 11.2. The number of ether oxygens (including phenoxy) is 1. The normalized spacial score (nSPS) is 26.7. The van der Waals surface area contributed by atoms with E-state index in [0.717, 1.165) is 25.6 Å². The second-order valence-corrected chi connectivity index (χ2v) is 5.00. The van der Waals surface area contributed by atoms with E-state index in [1.165, 1.54) is 32.8 Å². The van der Waals surface area contributed by atoms with Gasteiger partial charge in [0, 0.05) is 12.6 Å². The number of rotatable bonds is 5. The first-order valence-corrected chi connectivity index (χ1v) is 6.30. The average Bonchev–Trinajstić information content (AvgIpc) is 3.10. The van der Waals surface area contributed by atoms with Crippen LogP contribution in [-0.4, -0.2) is 50.2 Å². The van der Waals surface area contributed by atoms with Gasteiger partial charge in [-0.2, -0.15) is 0 Å². The molecule has 0 spiro atoms. The topological polar surface area (TPSA) is 41.6 Å². The number of carbonyl (C=O) groups excluding carboxylic acids is 1. The van der Waals surface area contributed by atoms with Crippen molar-refractivity contribution in [3.8, 4) is 0 Å². The van der Waals surface area contributed by atoms with Gasteiger partial charge in [0.2, 0.25) is 0 Å². The molecule has 0 aromatic carbocycles. The molecular formula is C12H22N2O2. The van der Waals surface area contributed by atoms with Crippen molar-refractivity contribution in [3.05, 3.63) is 0 Å². The van der Waals surface area contributed by atoms with Gasteiger partial charge in [0.15, 0.2) is 0 Å². The van der Waals surface area contributed by atoms with E-state index in [4.69, 9.17) is 4.74 Å². The number of piperidine rings is 1. The maximum Gasteiger partial charge on any atom is 0.319 e. The number of hydrogen-bond acceptors (Lipinski definition) is 4. The highest BCUT2D eigenvalue weighted by atomic mass is 16.5. The third kappa shape index (κ3) is 3.76. The SMILES string of the molecule is COC(=O)CN1CCCC(NCC2CC2)C1. The Morgan fingerprint density at radius 2 is 2.25 bits per heavy atom. The zero-order valence-corrected chi connectivity index (χ0v) is 10.1. The van der Waals surface area contributed by atoms with Gasteiger partial charge in [0.05, 0.1) is 13.7 Å². The van der Waals surface area contributed by atoms with E-state index in [-0.39, 0.29) is 5.97 Å². The molecule has 2 aliphatic rings. The lowest BCUT2D eigenvalue weighted by Crippen LogP contribution is -2.47. The highest BCUT2D eigenvalue weighted by molar-refractivity contribution is 5.71. The van der Waals surface area contributed by atoms with E-state index >= 15 is 0 Å². The van der Waals surface area contributed by atoms with Crippen LogP contribution in [-0.2, 0) is 9.53 Å². The summed E-state index contributed by atoms with van der Waals surface area (Å²) in [6.07, 6.45) is 5.21. The summed E-state index contributed by atoms with van der Waals surface area (Å²) in [7, 11) is 1.45. The lowest BCUT2D eigenvalue weighted by molar-refractivity contribution is -0.142. The van der Waals surface area contributed by atoms with Gasteiger partial charge >= 0.3 is 5.97 Å². The average molecular weight is 226 g/mol. The van der Waals surface area contributed by atoms with E-state index < -0.39 is 0 Å². The van der Waals surface area contributed by atoms with Crippen molar-refractivity contribution in [1.82, 2.24) is 10.2 Å². The van der Waals surface area contributed by atoms with E-state index in [0.29, 0.717) is 12.6 Å². The summed E-state index contributed by atoms with van der Waals surface area (Å²) in [6, 6.07) is 0.569. The first kappa shape index (κ1) is 11.9. The van der Waals surface area contributed by atoms with Crippen LogP contribution in [0.25, 0.3) is 0 Å². The molecule has 2 fully saturated rings. The summed E-state index contributed by atoms with van der Waals surface area (Å²) in [5.74, 6) is 0.804. The summed E-state index contributed by atoms with van der Waals surface area (Å²) in [4.78, 5) is 13.4. The minimum Gasteiger partial charge on any atom is -0.468 e. The van der Waals surface area contributed by atoms with Crippen molar-refractivity contribution in [2.45, 2.75) is 31.7 Å². The lowest BCUT2D eigenvalue weighted by atomic mass is 10.1. The van der Waals surface area contributed by atoms with Crippen molar-refractivity contribution in [3.63, 3.8) is 0 Å². The number of esters is 1. The van der Waals surface area contributed by atoms with Crippen LogP contribution in [0.1, 0.15) is 25.7 Å². The summed E-state index contributed by atoms with van der Waals surface area (Å²) in [5.41, 5.74) is 0. The second-order valence-electron chi connectivity index (χ2n) is 5.00. The van der Waals surface area contributed by atoms with Crippen LogP contribution in [0.15, 0.2) is 0 Å². The Labute approximate surface area is 97.3 Å². The molecule has 16 heavy (non-hydrogen) atoms. The molecule has 1 unspecified atom stereocenters. The smallest absolute Gasteiger partial charge is 0.319 e. The molecule has 2 rings (SSSR count). The van der Waals surface area contributed by atoms with Crippen molar-refractivity contribution in [2.24, 2.45) is 5.92 Å². The molecule has 0 amide bonds. The number of likely N-dealkylation sites (tertiary alicyclic amines) is 1. The molecule has 0 aromatic heterocycles. The summed E-state index contributed by atoms with van der Waals surface area (Å²) >= 11 is 0. The number of nitrogens with one attached hydrogen (secondary N) is 1. The summed E-state index contributed by atoms with van der Waals surface area (Å²) < 4.78 is 4.70. The van der Waals surface area contributed by atoms with Crippen LogP contribution < -0.4 is 5.32 Å². The van der Waals surface area contributed by atoms with Gasteiger partial charge in [0.25, 0.3) is 0 Å². The summed E-state index contributed by atoms with van der Waals surface area (Å²) in [5, 5.41) is 3.61. The fourth-order valence-corrected chi connectivity index (χ4v) is 2.27. The maximum atomic E-state index is 11.2. The Morgan fingerprint density at radius 3 is 2.94 bits per heavy atom. The van der Waals surface area contributed by atoms with Gasteiger partial charge in [0.1, 0.15) is 0 Å². The highest BCUT2D eigenvalue weighted by Gasteiger charge is 2.25.